The zero-order valence-electron chi connectivity index (χ0n) is 15.1. The number of hydrogen-bond acceptors (Lipinski definition) is 6. The third-order valence-corrected chi connectivity index (χ3v) is 5.14. The number of benzene rings is 1. The molecule has 1 amide bonds. The molecule has 2 aliphatic rings. The first-order valence-electron chi connectivity index (χ1n) is 8.94. The number of likely N-dealkylation sites (tertiary alicyclic amines) is 1. The van der Waals surface area contributed by atoms with E-state index in [-0.39, 0.29) is 24.8 Å². The molecule has 2 saturated heterocycles. The number of hydrogen-bond donors (Lipinski definition) is 0. The van der Waals surface area contributed by atoms with Crippen LogP contribution < -0.4 is 4.90 Å². The Balaban J connectivity index is 1.35. The Hall–Kier alpha value is -3.09. The first-order chi connectivity index (χ1) is 13.2. The van der Waals surface area contributed by atoms with E-state index in [1.807, 2.05) is 41.3 Å². The summed E-state index contributed by atoms with van der Waals surface area (Å²) in [6.45, 7) is 1.63. The van der Waals surface area contributed by atoms with Gasteiger partial charge in [-0.2, -0.15) is 0 Å². The fourth-order valence-electron chi connectivity index (χ4n) is 3.77. The average Bonchev–Trinajstić information content (AvgIpc) is 3.33. The van der Waals surface area contributed by atoms with Crippen molar-refractivity contribution in [1.29, 1.82) is 0 Å². The van der Waals surface area contributed by atoms with Crippen LogP contribution in [0.25, 0.3) is 0 Å². The molecule has 0 aliphatic carbocycles. The molecule has 2 aromatic rings. The maximum Gasteiger partial charge on any atom is 0.410 e. The van der Waals surface area contributed by atoms with E-state index in [0.29, 0.717) is 12.1 Å². The second kappa shape index (κ2) is 7.26. The summed E-state index contributed by atoms with van der Waals surface area (Å²) < 4.78 is 10.2. The van der Waals surface area contributed by atoms with E-state index >= 15 is 0 Å². The number of piperazine rings is 1. The van der Waals surface area contributed by atoms with Gasteiger partial charge in [0.25, 0.3) is 0 Å². The smallest absolute Gasteiger partial charge is 0.410 e. The lowest BCUT2D eigenvalue weighted by molar-refractivity contribution is 0.0600. The van der Waals surface area contributed by atoms with Crippen molar-refractivity contribution in [2.45, 2.75) is 25.1 Å². The molecule has 0 unspecified atom stereocenters. The van der Waals surface area contributed by atoms with E-state index < -0.39 is 5.97 Å². The first-order valence-corrected chi connectivity index (χ1v) is 8.94. The molecule has 7 nitrogen and oxygen atoms in total. The summed E-state index contributed by atoms with van der Waals surface area (Å²) in [7, 11) is 1.35. The van der Waals surface area contributed by atoms with Crippen LogP contribution in [0.1, 0.15) is 22.3 Å². The van der Waals surface area contributed by atoms with Crippen LogP contribution in [0.3, 0.4) is 0 Å². The lowest BCUT2D eigenvalue weighted by Crippen LogP contribution is -2.49. The first kappa shape index (κ1) is 17.3. The fourth-order valence-corrected chi connectivity index (χ4v) is 3.77. The zero-order valence-corrected chi connectivity index (χ0v) is 15.1. The molecule has 3 heterocycles. The summed E-state index contributed by atoms with van der Waals surface area (Å²) in [6.07, 6.45) is 2.17. The summed E-state index contributed by atoms with van der Waals surface area (Å²) in [5, 5.41) is 0. The lowest BCUT2D eigenvalue weighted by atomic mass is 10.2. The number of ether oxygens (including phenoxy) is 2. The number of amides is 1. The van der Waals surface area contributed by atoms with Gasteiger partial charge in [-0.25, -0.2) is 14.6 Å². The van der Waals surface area contributed by atoms with E-state index in [4.69, 9.17) is 9.47 Å². The Morgan fingerprint density at radius 2 is 1.93 bits per heavy atom. The molecule has 1 aromatic carbocycles. The van der Waals surface area contributed by atoms with Gasteiger partial charge in [-0.3, -0.25) is 0 Å². The number of aromatic nitrogens is 1. The quantitative estimate of drug-likeness (QED) is 0.773. The minimum atomic E-state index is -0.399. The van der Waals surface area contributed by atoms with E-state index in [9.17, 15) is 9.59 Å². The monoisotopic (exact) mass is 367 g/mol. The Bertz CT molecular complexity index is 825. The molecule has 0 saturated carbocycles. The molecule has 2 atom stereocenters. The summed E-state index contributed by atoms with van der Waals surface area (Å²) in [5.74, 6) is 0.414. The van der Waals surface area contributed by atoms with Gasteiger partial charge in [-0.1, -0.05) is 30.3 Å². The molecule has 1 aromatic heterocycles. The van der Waals surface area contributed by atoms with Crippen LogP contribution >= 0.6 is 0 Å². The third-order valence-electron chi connectivity index (χ3n) is 5.14. The number of fused-ring (bicyclic) bond motifs is 2. The van der Waals surface area contributed by atoms with E-state index in [1.165, 1.54) is 13.3 Å². The van der Waals surface area contributed by atoms with Gasteiger partial charge in [0, 0.05) is 19.3 Å². The highest BCUT2D eigenvalue weighted by Gasteiger charge is 2.46. The maximum absolute atomic E-state index is 12.4. The highest BCUT2D eigenvalue weighted by atomic mass is 16.6. The van der Waals surface area contributed by atoms with E-state index in [2.05, 4.69) is 9.88 Å². The molecular weight excluding hydrogens is 346 g/mol. The molecule has 2 bridgehead atoms. The normalized spacial score (nSPS) is 20.6. The van der Waals surface area contributed by atoms with Crippen molar-refractivity contribution in [3.63, 3.8) is 0 Å². The fraction of sp³-hybridized carbons (Fsp3) is 0.350. The Morgan fingerprint density at radius 1 is 1.11 bits per heavy atom. The predicted octanol–water partition coefficient (Wildman–Crippen LogP) is 2.47. The molecule has 7 heteroatoms. The second-order valence-electron chi connectivity index (χ2n) is 6.78. The van der Waals surface area contributed by atoms with Crippen molar-refractivity contribution in [3.05, 3.63) is 59.8 Å². The summed E-state index contributed by atoms with van der Waals surface area (Å²) >= 11 is 0. The minimum Gasteiger partial charge on any atom is -0.465 e. The number of pyridine rings is 1. The van der Waals surface area contributed by atoms with Crippen LogP contribution in [0.2, 0.25) is 0 Å². The van der Waals surface area contributed by atoms with Crippen LogP contribution in [0.4, 0.5) is 10.6 Å². The van der Waals surface area contributed by atoms with Crippen LogP contribution in [-0.4, -0.2) is 54.2 Å². The SMILES string of the molecule is COC(=O)c1ccc(N2C[C@@H]3C[C@H]2CN3C(=O)OCc2ccccc2)nc1. The minimum absolute atomic E-state index is 0.125. The molecule has 4 rings (SSSR count). The Kier molecular flexibility index (Phi) is 4.66. The van der Waals surface area contributed by atoms with E-state index in [1.54, 1.807) is 6.07 Å². The number of anilines is 1. The highest BCUT2D eigenvalue weighted by molar-refractivity contribution is 5.89. The Labute approximate surface area is 157 Å². The molecular formula is C20H21N3O4. The number of carbonyl (C=O) groups excluding carboxylic acids is 2. The molecule has 140 valence electrons. The van der Waals surface area contributed by atoms with Crippen LogP contribution in [0, 0.1) is 0 Å². The van der Waals surface area contributed by atoms with Crippen LogP contribution in [0.5, 0.6) is 0 Å². The maximum atomic E-state index is 12.4. The van der Waals surface area contributed by atoms with Crippen LogP contribution in [-0.2, 0) is 16.1 Å². The molecule has 2 fully saturated rings. The van der Waals surface area contributed by atoms with E-state index in [0.717, 1.165) is 24.3 Å². The topological polar surface area (TPSA) is 72.0 Å². The molecule has 0 spiro atoms. The van der Waals surface area contributed by atoms with Crippen molar-refractivity contribution in [3.8, 4) is 0 Å². The van der Waals surface area contributed by atoms with Gasteiger partial charge in [0.15, 0.2) is 0 Å². The van der Waals surface area contributed by atoms with Gasteiger partial charge in [0.05, 0.1) is 24.8 Å². The standard InChI is InChI=1S/C20H21N3O4/c1-26-19(24)15-7-8-18(21-10-15)22-11-17-9-16(22)12-23(17)20(25)27-13-14-5-3-2-4-6-14/h2-8,10,16-17H,9,11-13H2,1H3/t16-,17-/m0/s1. The molecule has 0 N–H and O–H groups in total. The number of carbonyl (C=O) groups is 2. The number of nitrogens with zero attached hydrogens (tertiary/aromatic N) is 3. The molecule has 2 aliphatic heterocycles. The van der Waals surface area contributed by atoms with Crippen LogP contribution in [0.15, 0.2) is 48.7 Å². The van der Waals surface area contributed by atoms with Crippen molar-refractivity contribution >= 4 is 17.9 Å². The average molecular weight is 367 g/mol. The summed E-state index contributed by atoms with van der Waals surface area (Å²) in [5.41, 5.74) is 1.41. The van der Waals surface area contributed by atoms with Gasteiger partial charge in [-0.05, 0) is 24.1 Å². The number of esters is 1. The van der Waals surface area contributed by atoms with Crippen molar-refractivity contribution in [2.24, 2.45) is 0 Å². The highest BCUT2D eigenvalue weighted by Crippen LogP contribution is 2.34. The zero-order chi connectivity index (χ0) is 18.8. The number of methoxy groups -OCH3 is 1. The van der Waals surface area contributed by atoms with Gasteiger partial charge in [-0.15, -0.1) is 0 Å². The lowest BCUT2D eigenvalue weighted by Gasteiger charge is -2.34. The summed E-state index contributed by atoms with van der Waals surface area (Å²) in [6, 6.07) is 13.6. The van der Waals surface area contributed by atoms with Crippen molar-refractivity contribution < 1.29 is 19.1 Å². The predicted molar refractivity (Wildman–Crippen MR) is 98.4 cm³/mol. The van der Waals surface area contributed by atoms with Gasteiger partial charge in [0.1, 0.15) is 12.4 Å². The second-order valence-corrected chi connectivity index (χ2v) is 6.78. The Morgan fingerprint density at radius 3 is 2.56 bits per heavy atom. The number of rotatable bonds is 4. The van der Waals surface area contributed by atoms with Crippen molar-refractivity contribution in [2.75, 3.05) is 25.1 Å². The largest absolute Gasteiger partial charge is 0.465 e. The van der Waals surface area contributed by atoms with Crippen molar-refractivity contribution in [1.82, 2.24) is 9.88 Å². The molecule has 0 radical (unpaired) electrons. The molecule has 27 heavy (non-hydrogen) atoms. The third kappa shape index (κ3) is 3.45. The van der Waals surface area contributed by atoms with Gasteiger partial charge >= 0.3 is 12.1 Å². The summed E-state index contributed by atoms with van der Waals surface area (Å²) in [4.78, 5) is 32.3. The van der Waals surface area contributed by atoms with Gasteiger partial charge in [0.2, 0.25) is 0 Å². The van der Waals surface area contributed by atoms with Gasteiger partial charge < -0.3 is 19.3 Å².